The highest BCUT2D eigenvalue weighted by molar-refractivity contribution is 4.93. The molecule has 1 aliphatic heterocycles. The number of hydrogen-bond donors (Lipinski definition) is 2. The Morgan fingerprint density at radius 2 is 1.85 bits per heavy atom. The highest BCUT2D eigenvalue weighted by atomic mass is 16.3. The zero-order valence-electron chi connectivity index (χ0n) is 13.2. The minimum absolute atomic E-state index is 0.169. The molecule has 2 aliphatic carbocycles. The molecule has 116 valence electrons. The van der Waals surface area contributed by atoms with Crippen LogP contribution in [0, 0.1) is 17.8 Å². The minimum Gasteiger partial charge on any atom is -0.393 e. The normalized spacial score (nSPS) is 35.5. The van der Waals surface area contributed by atoms with E-state index in [4.69, 9.17) is 0 Å². The summed E-state index contributed by atoms with van der Waals surface area (Å²) in [5, 5.41) is 13.8. The lowest BCUT2D eigenvalue weighted by atomic mass is 9.84. The average Bonchev–Trinajstić information content (AvgIpc) is 3.20. The van der Waals surface area contributed by atoms with Crippen LogP contribution in [0.2, 0.25) is 0 Å². The molecule has 3 fully saturated rings. The molecule has 3 heteroatoms. The molecule has 3 nitrogen and oxygen atoms in total. The Morgan fingerprint density at radius 1 is 1.10 bits per heavy atom. The van der Waals surface area contributed by atoms with Gasteiger partial charge in [-0.2, -0.15) is 0 Å². The fourth-order valence-corrected chi connectivity index (χ4v) is 3.91. The van der Waals surface area contributed by atoms with Gasteiger partial charge in [-0.3, -0.25) is 4.90 Å². The van der Waals surface area contributed by atoms with E-state index in [1.54, 1.807) is 0 Å². The van der Waals surface area contributed by atoms with Crippen LogP contribution in [0.4, 0.5) is 0 Å². The van der Waals surface area contributed by atoms with E-state index in [-0.39, 0.29) is 6.10 Å². The number of likely N-dealkylation sites (tertiary alicyclic amines) is 1. The van der Waals surface area contributed by atoms with Gasteiger partial charge in [0.1, 0.15) is 0 Å². The number of nitrogens with one attached hydrogen (secondary N) is 1. The van der Waals surface area contributed by atoms with Gasteiger partial charge in [0.25, 0.3) is 0 Å². The van der Waals surface area contributed by atoms with E-state index >= 15 is 0 Å². The van der Waals surface area contributed by atoms with Crippen molar-refractivity contribution in [2.45, 2.75) is 70.6 Å². The molecule has 0 aromatic carbocycles. The van der Waals surface area contributed by atoms with Crippen molar-refractivity contribution in [1.29, 1.82) is 0 Å². The zero-order valence-corrected chi connectivity index (χ0v) is 13.2. The second-order valence-corrected chi connectivity index (χ2v) is 7.67. The van der Waals surface area contributed by atoms with E-state index in [0.717, 1.165) is 24.8 Å². The Bertz CT molecular complexity index is 312. The maximum Gasteiger partial charge on any atom is 0.0553 e. The molecule has 3 rings (SSSR count). The van der Waals surface area contributed by atoms with E-state index in [0.29, 0.717) is 18.0 Å². The van der Waals surface area contributed by atoms with Crippen LogP contribution < -0.4 is 5.32 Å². The molecule has 0 amide bonds. The molecular weight excluding hydrogens is 248 g/mol. The van der Waals surface area contributed by atoms with Crippen LogP contribution in [0.3, 0.4) is 0 Å². The third-order valence-corrected chi connectivity index (χ3v) is 5.99. The van der Waals surface area contributed by atoms with E-state index in [1.807, 2.05) is 6.92 Å². The summed E-state index contributed by atoms with van der Waals surface area (Å²) in [4.78, 5) is 2.65. The summed E-state index contributed by atoms with van der Waals surface area (Å²) in [6.45, 7) is 7.84. The predicted molar refractivity (Wildman–Crippen MR) is 82.7 cm³/mol. The van der Waals surface area contributed by atoms with Crippen molar-refractivity contribution in [3.05, 3.63) is 0 Å². The fraction of sp³-hybridized carbons (Fsp3) is 1.00. The number of aliphatic hydroxyl groups excluding tert-OH is 1. The van der Waals surface area contributed by atoms with Crippen LogP contribution >= 0.6 is 0 Å². The fourth-order valence-electron chi connectivity index (χ4n) is 3.91. The lowest BCUT2D eigenvalue weighted by molar-refractivity contribution is 0.0267. The average molecular weight is 280 g/mol. The first kappa shape index (κ1) is 14.8. The summed E-state index contributed by atoms with van der Waals surface area (Å²) >= 11 is 0. The third-order valence-electron chi connectivity index (χ3n) is 5.99. The molecule has 0 bridgehead atoms. The Morgan fingerprint density at radius 3 is 2.40 bits per heavy atom. The van der Waals surface area contributed by atoms with Gasteiger partial charge in [-0.15, -0.1) is 0 Å². The Hall–Kier alpha value is -0.120. The summed E-state index contributed by atoms with van der Waals surface area (Å²) < 4.78 is 0. The van der Waals surface area contributed by atoms with Crippen LogP contribution in [0.15, 0.2) is 0 Å². The van der Waals surface area contributed by atoms with Crippen molar-refractivity contribution in [2.24, 2.45) is 17.8 Å². The Balaban J connectivity index is 1.54. The standard InChI is InChI=1S/C17H32N2O/c1-12(15-6-7-15)19-10-16(13(2)20)8-17(11-19)18-9-14-4-3-5-14/h12-18,20H,3-11H2,1-2H3. The molecule has 1 saturated heterocycles. The SMILES string of the molecule is CC(O)C1CC(NCC2CCC2)CN(C(C)C2CC2)C1. The van der Waals surface area contributed by atoms with Gasteiger partial charge in [-0.05, 0) is 70.3 Å². The third kappa shape index (κ3) is 3.55. The van der Waals surface area contributed by atoms with Gasteiger partial charge in [-0.1, -0.05) is 6.42 Å². The van der Waals surface area contributed by atoms with E-state index < -0.39 is 0 Å². The van der Waals surface area contributed by atoms with Gasteiger partial charge < -0.3 is 10.4 Å². The molecule has 4 unspecified atom stereocenters. The highest BCUT2D eigenvalue weighted by Gasteiger charge is 2.37. The molecule has 4 atom stereocenters. The van der Waals surface area contributed by atoms with Crippen molar-refractivity contribution < 1.29 is 5.11 Å². The van der Waals surface area contributed by atoms with Crippen LogP contribution in [0.1, 0.15) is 52.4 Å². The predicted octanol–water partition coefficient (Wildman–Crippen LogP) is 2.25. The van der Waals surface area contributed by atoms with Gasteiger partial charge in [0, 0.05) is 25.2 Å². The maximum absolute atomic E-state index is 10.0. The number of rotatable bonds is 6. The smallest absolute Gasteiger partial charge is 0.0553 e. The molecular formula is C17H32N2O. The molecule has 2 saturated carbocycles. The van der Waals surface area contributed by atoms with Crippen LogP contribution in [0.25, 0.3) is 0 Å². The summed E-state index contributed by atoms with van der Waals surface area (Å²) in [6, 6.07) is 1.30. The van der Waals surface area contributed by atoms with E-state index in [9.17, 15) is 5.11 Å². The summed E-state index contributed by atoms with van der Waals surface area (Å²) in [6.07, 6.45) is 8.08. The lowest BCUT2D eigenvalue weighted by Gasteiger charge is -2.43. The molecule has 0 radical (unpaired) electrons. The number of piperidine rings is 1. The van der Waals surface area contributed by atoms with Crippen molar-refractivity contribution in [1.82, 2.24) is 10.2 Å². The molecule has 1 heterocycles. The van der Waals surface area contributed by atoms with Crippen molar-refractivity contribution in [2.75, 3.05) is 19.6 Å². The second kappa shape index (κ2) is 6.33. The number of aliphatic hydroxyl groups is 1. The molecule has 0 aromatic heterocycles. The first-order valence-corrected chi connectivity index (χ1v) is 8.79. The molecule has 20 heavy (non-hydrogen) atoms. The molecule has 3 aliphatic rings. The largest absolute Gasteiger partial charge is 0.393 e. The van der Waals surface area contributed by atoms with Crippen LogP contribution in [-0.4, -0.2) is 47.8 Å². The molecule has 0 spiro atoms. The number of hydrogen-bond acceptors (Lipinski definition) is 3. The minimum atomic E-state index is -0.169. The summed E-state index contributed by atoms with van der Waals surface area (Å²) in [7, 11) is 0. The van der Waals surface area contributed by atoms with Crippen molar-refractivity contribution in [3.8, 4) is 0 Å². The zero-order chi connectivity index (χ0) is 14.1. The summed E-state index contributed by atoms with van der Waals surface area (Å²) in [5.74, 6) is 2.30. The van der Waals surface area contributed by atoms with Gasteiger partial charge in [0.05, 0.1) is 6.10 Å². The number of nitrogens with zero attached hydrogens (tertiary/aromatic N) is 1. The monoisotopic (exact) mass is 280 g/mol. The van der Waals surface area contributed by atoms with Gasteiger partial charge in [0.15, 0.2) is 0 Å². The second-order valence-electron chi connectivity index (χ2n) is 7.67. The van der Waals surface area contributed by atoms with Crippen LogP contribution in [-0.2, 0) is 0 Å². The maximum atomic E-state index is 10.0. The van der Waals surface area contributed by atoms with Crippen molar-refractivity contribution in [3.63, 3.8) is 0 Å². The first-order chi connectivity index (χ1) is 9.63. The van der Waals surface area contributed by atoms with Crippen molar-refractivity contribution >= 4 is 0 Å². The quantitative estimate of drug-likeness (QED) is 0.783. The Kier molecular flexibility index (Phi) is 4.68. The molecule has 2 N–H and O–H groups in total. The lowest BCUT2D eigenvalue weighted by Crippen LogP contribution is -2.55. The van der Waals surface area contributed by atoms with Gasteiger partial charge in [-0.25, -0.2) is 0 Å². The van der Waals surface area contributed by atoms with E-state index in [1.165, 1.54) is 45.2 Å². The highest BCUT2D eigenvalue weighted by Crippen LogP contribution is 2.37. The molecule has 0 aromatic rings. The summed E-state index contributed by atoms with van der Waals surface area (Å²) in [5.41, 5.74) is 0. The van der Waals surface area contributed by atoms with Crippen LogP contribution in [0.5, 0.6) is 0 Å². The first-order valence-electron chi connectivity index (χ1n) is 8.79. The Labute approximate surface area is 124 Å². The van der Waals surface area contributed by atoms with Gasteiger partial charge in [0.2, 0.25) is 0 Å². The van der Waals surface area contributed by atoms with E-state index in [2.05, 4.69) is 17.1 Å². The van der Waals surface area contributed by atoms with Gasteiger partial charge >= 0.3 is 0 Å². The topological polar surface area (TPSA) is 35.5 Å².